The first kappa shape index (κ1) is 14.5. The fourth-order valence-corrected chi connectivity index (χ4v) is 5.29. The molecule has 0 spiro atoms. The van der Waals surface area contributed by atoms with Gasteiger partial charge in [-0.1, -0.05) is 0 Å². The minimum absolute atomic E-state index is 0.452. The molecule has 1 aliphatic carbocycles. The van der Waals surface area contributed by atoms with Crippen molar-refractivity contribution >= 4 is 21.4 Å². The lowest BCUT2D eigenvalue weighted by molar-refractivity contribution is 0.0730. The Morgan fingerprint density at radius 1 is 1.40 bits per heavy atom. The lowest BCUT2D eigenvalue weighted by Gasteiger charge is -2.25. The minimum atomic E-state index is -3.36. The highest BCUT2D eigenvalue weighted by molar-refractivity contribution is 7.89. The fourth-order valence-electron chi connectivity index (χ4n) is 2.33. The second-order valence-corrected chi connectivity index (χ2v) is 8.55. The van der Waals surface area contributed by atoms with Gasteiger partial charge in [0.1, 0.15) is 0 Å². The zero-order chi connectivity index (χ0) is 14.2. The molecule has 20 heavy (non-hydrogen) atoms. The summed E-state index contributed by atoms with van der Waals surface area (Å²) >= 11 is 1.58. The largest absolute Gasteiger partial charge is 0.379 e. The van der Waals surface area contributed by atoms with Gasteiger partial charge in [-0.05, 0) is 25.8 Å². The normalized spacial score (nSPS) is 21.2. The van der Waals surface area contributed by atoms with E-state index >= 15 is 0 Å². The lowest BCUT2D eigenvalue weighted by Crippen LogP contribution is -2.40. The molecule has 1 saturated heterocycles. The maximum atomic E-state index is 12.6. The number of aryl methyl sites for hydroxylation is 1. The van der Waals surface area contributed by atoms with E-state index in [9.17, 15) is 8.42 Å². The molecule has 0 bridgehead atoms. The molecule has 1 N–H and O–H groups in total. The highest BCUT2D eigenvalue weighted by Gasteiger charge is 2.29. The van der Waals surface area contributed by atoms with E-state index in [-0.39, 0.29) is 0 Å². The van der Waals surface area contributed by atoms with Crippen LogP contribution in [0.4, 0.5) is 0 Å². The first-order valence-electron chi connectivity index (χ1n) is 6.98. The summed E-state index contributed by atoms with van der Waals surface area (Å²) < 4.78 is 32.0. The average molecular weight is 316 g/mol. The van der Waals surface area contributed by atoms with Crippen LogP contribution in [-0.4, -0.2) is 45.1 Å². The van der Waals surface area contributed by atoms with Gasteiger partial charge in [0.15, 0.2) is 0 Å². The second kappa shape index (κ2) is 5.73. The lowest BCUT2D eigenvalue weighted by atomic mass is 10.4. The molecule has 2 aliphatic rings. The zero-order valence-electron chi connectivity index (χ0n) is 11.6. The molecule has 0 amide bonds. The number of nitrogens with one attached hydrogen (secondary N) is 1. The molecule has 1 saturated carbocycles. The highest BCUT2D eigenvalue weighted by atomic mass is 32.2. The summed E-state index contributed by atoms with van der Waals surface area (Å²) in [6, 6.07) is 2.47. The molecule has 112 valence electrons. The van der Waals surface area contributed by atoms with Crippen LogP contribution < -0.4 is 5.32 Å². The summed E-state index contributed by atoms with van der Waals surface area (Å²) in [6.07, 6.45) is 2.48. The Kier molecular flexibility index (Phi) is 4.14. The van der Waals surface area contributed by atoms with Crippen LogP contribution in [0, 0.1) is 6.92 Å². The first-order valence-corrected chi connectivity index (χ1v) is 9.23. The van der Waals surface area contributed by atoms with Crippen LogP contribution in [0.15, 0.2) is 11.0 Å². The van der Waals surface area contributed by atoms with Crippen LogP contribution in [0.1, 0.15) is 22.6 Å². The third kappa shape index (κ3) is 3.07. The molecular weight excluding hydrogens is 296 g/mol. The Morgan fingerprint density at radius 3 is 2.75 bits per heavy atom. The van der Waals surface area contributed by atoms with Crippen molar-refractivity contribution in [2.45, 2.75) is 37.2 Å². The summed E-state index contributed by atoms with van der Waals surface area (Å²) in [6.45, 7) is 4.53. The predicted molar refractivity (Wildman–Crippen MR) is 78.5 cm³/mol. The van der Waals surface area contributed by atoms with Gasteiger partial charge >= 0.3 is 0 Å². The van der Waals surface area contributed by atoms with Crippen molar-refractivity contribution in [3.05, 3.63) is 15.8 Å². The van der Waals surface area contributed by atoms with Gasteiger partial charge in [-0.25, -0.2) is 8.42 Å². The van der Waals surface area contributed by atoms with Gasteiger partial charge in [-0.3, -0.25) is 0 Å². The first-order chi connectivity index (χ1) is 9.57. The van der Waals surface area contributed by atoms with Crippen molar-refractivity contribution in [3.63, 3.8) is 0 Å². The molecule has 0 radical (unpaired) electrons. The van der Waals surface area contributed by atoms with Crippen LogP contribution >= 0.6 is 11.3 Å². The average Bonchev–Trinajstić information content (AvgIpc) is 3.20. The number of morpholine rings is 1. The minimum Gasteiger partial charge on any atom is -0.379 e. The Hall–Kier alpha value is -0.470. The maximum Gasteiger partial charge on any atom is 0.244 e. The van der Waals surface area contributed by atoms with E-state index in [4.69, 9.17) is 4.74 Å². The second-order valence-electron chi connectivity index (χ2n) is 5.30. The van der Waals surface area contributed by atoms with Gasteiger partial charge in [0, 0.05) is 35.4 Å². The van der Waals surface area contributed by atoms with Crippen molar-refractivity contribution in [1.82, 2.24) is 9.62 Å². The molecule has 2 fully saturated rings. The van der Waals surface area contributed by atoms with Crippen LogP contribution in [0.3, 0.4) is 0 Å². The third-order valence-electron chi connectivity index (χ3n) is 3.65. The summed E-state index contributed by atoms with van der Waals surface area (Å²) in [4.78, 5) is 2.45. The van der Waals surface area contributed by atoms with Crippen molar-refractivity contribution < 1.29 is 13.2 Å². The molecule has 0 aromatic carbocycles. The molecule has 0 atom stereocenters. The summed E-state index contributed by atoms with van der Waals surface area (Å²) in [5.74, 6) is 0. The SMILES string of the molecule is Cc1sc(CNC2CC2)cc1S(=O)(=O)N1CCOCC1. The molecule has 7 heteroatoms. The third-order valence-corrected chi connectivity index (χ3v) is 6.86. The number of hydrogen-bond donors (Lipinski definition) is 1. The van der Waals surface area contributed by atoms with Gasteiger partial charge in [-0.2, -0.15) is 4.31 Å². The van der Waals surface area contributed by atoms with E-state index in [1.807, 2.05) is 13.0 Å². The topological polar surface area (TPSA) is 58.6 Å². The van der Waals surface area contributed by atoms with Gasteiger partial charge in [0.2, 0.25) is 10.0 Å². The fraction of sp³-hybridized carbons (Fsp3) is 0.692. The Labute approximate surface area is 124 Å². The molecule has 2 heterocycles. The number of thiophene rings is 1. The summed E-state index contributed by atoms with van der Waals surface area (Å²) in [7, 11) is -3.36. The van der Waals surface area contributed by atoms with Crippen molar-refractivity contribution in [2.75, 3.05) is 26.3 Å². The molecule has 5 nitrogen and oxygen atoms in total. The van der Waals surface area contributed by atoms with Crippen LogP contribution in [0.2, 0.25) is 0 Å². The van der Waals surface area contributed by atoms with E-state index in [2.05, 4.69) is 5.32 Å². The van der Waals surface area contributed by atoms with Gasteiger partial charge in [-0.15, -0.1) is 11.3 Å². The number of ether oxygens (including phenoxy) is 1. The van der Waals surface area contributed by atoms with E-state index in [0.29, 0.717) is 37.2 Å². The highest BCUT2D eigenvalue weighted by Crippen LogP contribution is 2.29. The van der Waals surface area contributed by atoms with Crippen molar-refractivity contribution in [2.24, 2.45) is 0 Å². The van der Waals surface area contributed by atoms with Gasteiger partial charge < -0.3 is 10.1 Å². The number of sulfonamides is 1. The van der Waals surface area contributed by atoms with E-state index < -0.39 is 10.0 Å². The predicted octanol–water partition coefficient (Wildman–Crippen LogP) is 1.33. The molecule has 1 aromatic rings. The van der Waals surface area contributed by atoms with E-state index in [1.165, 1.54) is 17.1 Å². The monoisotopic (exact) mass is 316 g/mol. The molecular formula is C13H20N2O3S2. The Bertz CT molecular complexity index is 572. The van der Waals surface area contributed by atoms with Crippen molar-refractivity contribution in [1.29, 1.82) is 0 Å². The van der Waals surface area contributed by atoms with Crippen LogP contribution in [-0.2, 0) is 21.3 Å². The standard InChI is InChI=1S/C13H20N2O3S2/c1-10-13(8-12(19-10)9-14-11-2-3-11)20(16,17)15-4-6-18-7-5-15/h8,11,14H,2-7,9H2,1H3. The molecule has 3 rings (SSSR count). The summed E-state index contributed by atoms with van der Waals surface area (Å²) in [5.41, 5.74) is 0. The van der Waals surface area contributed by atoms with E-state index in [1.54, 1.807) is 11.3 Å². The molecule has 0 unspecified atom stereocenters. The number of nitrogens with zero attached hydrogens (tertiary/aromatic N) is 1. The molecule has 1 aromatic heterocycles. The molecule has 1 aliphatic heterocycles. The zero-order valence-corrected chi connectivity index (χ0v) is 13.2. The number of hydrogen-bond acceptors (Lipinski definition) is 5. The Balaban J connectivity index is 1.77. The van der Waals surface area contributed by atoms with E-state index in [0.717, 1.165) is 16.3 Å². The van der Waals surface area contributed by atoms with Gasteiger partial charge in [0.25, 0.3) is 0 Å². The maximum absolute atomic E-state index is 12.6. The van der Waals surface area contributed by atoms with Crippen LogP contribution in [0.25, 0.3) is 0 Å². The van der Waals surface area contributed by atoms with Crippen LogP contribution in [0.5, 0.6) is 0 Å². The van der Waals surface area contributed by atoms with Crippen molar-refractivity contribution in [3.8, 4) is 0 Å². The number of rotatable bonds is 5. The quantitative estimate of drug-likeness (QED) is 0.890. The summed E-state index contributed by atoms with van der Waals surface area (Å²) in [5, 5.41) is 3.43. The Morgan fingerprint density at radius 2 is 2.10 bits per heavy atom. The smallest absolute Gasteiger partial charge is 0.244 e. The van der Waals surface area contributed by atoms with Gasteiger partial charge in [0.05, 0.1) is 18.1 Å².